The molecular weight excluding hydrogens is 749 g/mol. The Morgan fingerprint density at radius 1 is 0.483 bits per heavy atom. The molecule has 0 bridgehead atoms. The number of aliphatic hydroxyl groups excluding tert-OH is 3. The van der Waals surface area contributed by atoms with Crippen LogP contribution in [0.3, 0.4) is 0 Å². The maximum atomic E-state index is 11.7. The molecule has 352 valence electrons. The van der Waals surface area contributed by atoms with Gasteiger partial charge >= 0.3 is 5.97 Å². The van der Waals surface area contributed by atoms with E-state index in [-0.39, 0.29) is 48.7 Å². The van der Waals surface area contributed by atoms with Crippen LogP contribution >= 0.6 is 0 Å². The predicted octanol–water partition coefficient (Wildman–Crippen LogP) is 14.1. The number of unbranched alkanes of at least 4 members (excludes halogenated alkanes) is 30. The Morgan fingerprint density at radius 2 is 0.800 bits per heavy atom. The van der Waals surface area contributed by atoms with Gasteiger partial charge in [0, 0.05) is 12.0 Å². The van der Waals surface area contributed by atoms with Gasteiger partial charge in [-0.3, -0.25) is 0 Å². The molecular formula is C53H98O7. The number of hydrogen-bond acceptors (Lipinski definition) is 7. The number of carbonyl (C=O) groups excluding carboxylic acids is 1. The molecule has 60 heavy (non-hydrogen) atoms. The summed E-state index contributed by atoms with van der Waals surface area (Å²) in [6.45, 7) is 4.15. The Bertz CT molecular complexity index is 1050. The lowest BCUT2D eigenvalue weighted by atomic mass is 10.00. The van der Waals surface area contributed by atoms with Crippen molar-refractivity contribution in [2.24, 2.45) is 0 Å². The van der Waals surface area contributed by atoms with E-state index in [9.17, 15) is 20.1 Å². The van der Waals surface area contributed by atoms with Crippen molar-refractivity contribution in [2.75, 3.05) is 0 Å². The number of hydrogen-bond donors (Lipinski definition) is 3. The fourth-order valence-electron chi connectivity index (χ4n) is 10.1. The molecule has 0 aliphatic carbocycles. The number of ether oxygens (including phenoxy) is 3. The van der Waals surface area contributed by atoms with Gasteiger partial charge in [0.2, 0.25) is 0 Å². The number of rotatable bonds is 41. The summed E-state index contributed by atoms with van der Waals surface area (Å²) >= 11 is 0. The van der Waals surface area contributed by atoms with Gasteiger partial charge in [0.15, 0.2) is 0 Å². The Labute approximate surface area is 370 Å². The molecule has 0 amide bonds. The van der Waals surface area contributed by atoms with Gasteiger partial charge in [0.25, 0.3) is 0 Å². The van der Waals surface area contributed by atoms with Crippen LogP contribution in [0.25, 0.3) is 0 Å². The first-order valence-corrected chi connectivity index (χ1v) is 26.6. The SMILES string of the molecule is CCCCCCCCCCCCCCCCCCCCCCC(O)C1CCC(C2CCC(C(O)CCCCCCCCCCCCCCC(O)CC3=CC(C)OC3=O)O2)O1. The molecule has 0 spiro atoms. The third-order valence-electron chi connectivity index (χ3n) is 14.0. The van der Waals surface area contributed by atoms with Crippen molar-refractivity contribution in [1.29, 1.82) is 0 Å². The highest BCUT2D eigenvalue weighted by molar-refractivity contribution is 5.90. The van der Waals surface area contributed by atoms with Crippen molar-refractivity contribution in [3.8, 4) is 0 Å². The van der Waals surface area contributed by atoms with Gasteiger partial charge in [-0.15, -0.1) is 0 Å². The summed E-state index contributed by atoms with van der Waals surface area (Å²) in [5.74, 6) is -0.268. The average Bonchev–Trinajstić information content (AvgIpc) is 4.00. The van der Waals surface area contributed by atoms with E-state index in [1.54, 1.807) is 0 Å². The summed E-state index contributed by atoms with van der Waals surface area (Å²) in [4.78, 5) is 11.7. The topological polar surface area (TPSA) is 105 Å². The summed E-state index contributed by atoms with van der Waals surface area (Å²) in [5, 5.41) is 32.0. The summed E-state index contributed by atoms with van der Waals surface area (Å²) in [6.07, 6.45) is 49.4. The molecule has 0 aromatic rings. The fraction of sp³-hybridized carbons (Fsp3) is 0.943. The van der Waals surface area contributed by atoms with Crippen LogP contribution in [0.4, 0.5) is 0 Å². The molecule has 0 aromatic carbocycles. The molecule has 3 rings (SSSR count). The van der Waals surface area contributed by atoms with Crippen molar-refractivity contribution in [2.45, 2.75) is 320 Å². The van der Waals surface area contributed by atoms with Crippen LogP contribution in [0.15, 0.2) is 11.6 Å². The molecule has 8 unspecified atom stereocenters. The van der Waals surface area contributed by atoms with E-state index in [0.717, 1.165) is 70.6 Å². The predicted molar refractivity (Wildman–Crippen MR) is 249 cm³/mol. The van der Waals surface area contributed by atoms with E-state index in [0.29, 0.717) is 12.0 Å². The number of aliphatic hydroxyl groups is 3. The second kappa shape index (κ2) is 35.4. The summed E-state index contributed by atoms with van der Waals surface area (Å²) in [7, 11) is 0. The van der Waals surface area contributed by atoms with Gasteiger partial charge in [-0.25, -0.2) is 4.79 Å². The lowest BCUT2D eigenvalue weighted by molar-refractivity contribution is -0.139. The van der Waals surface area contributed by atoms with Crippen LogP contribution in [0.1, 0.15) is 271 Å². The van der Waals surface area contributed by atoms with Crippen molar-refractivity contribution in [3.05, 3.63) is 11.6 Å². The van der Waals surface area contributed by atoms with E-state index in [1.807, 2.05) is 13.0 Å². The number of carbonyl (C=O) groups is 1. The Hall–Kier alpha value is -0.990. The standard InChI is InChI=1S/C53H98O7/c1-3-4-5-6-7-8-9-10-11-12-13-14-15-16-17-21-24-27-30-33-36-47(55)49-38-40-51(59-49)52-41-39-50(60-52)48(56)37-34-31-28-25-22-19-18-20-23-26-29-32-35-46(54)43-45-42-44(2)58-53(45)57/h42,44,46-52,54-56H,3-41,43H2,1-2H3. The van der Waals surface area contributed by atoms with Gasteiger partial charge in [0.05, 0.1) is 42.7 Å². The van der Waals surface area contributed by atoms with Crippen LogP contribution in [0, 0.1) is 0 Å². The lowest BCUT2D eigenvalue weighted by Crippen LogP contribution is -2.33. The maximum absolute atomic E-state index is 11.7. The molecule has 3 aliphatic rings. The average molecular weight is 847 g/mol. The van der Waals surface area contributed by atoms with E-state index in [1.165, 1.54) is 180 Å². The molecule has 3 heterocycles. The second-order valence-electron chi connectivity index (χ2n) is 19.7. The second-order valence-corrected chi connectivity index (χ2v) is 19.7. The van der Waals surface area contributed by atoms with E-state index >= 15 is 0 Å². The van der Waals surface area contributed by atoms with E-state index in [4.69, 9.17) is 14.2 Å². The fourth-order valence-corrected chi connectivity index (χ4v) is 10.1. The normalized spacial score (nSPS) is 23.3. The first-order valence-electron chi connectivity index (χ1n) is 26.6. The molecule has 8 atom stereocenters. The van der Waals surface area contributed by atoms with Crippen molar-refractivity contribution < 1.29 is 34.3 Å². The van der Waals surface area contributed by atoms with E-state index in [2.05, 4.69) is 6.92 Å². The summed E-state index contributed by atoms with van der Waals surface area (Å²) in [5.41, 5.74) is 0.631. The third kappa shape index (κ3) is 25.3. The third-order valence-corrected chi connectivity index (χ3v) is 14.0. The zero-order valence-corrected chi connectivity index (χ0v) is 39.5. The minimum absolute atomic E-state index is 0.0561. The molecule has 2 saturated heterocycles. The zero-order chi connectivity index (χ0) is 42.9. The van der Waals surface area contributed by atoms with Gasteiger partial charge in [-0.05, 0) is 57.9 Å². The first-order chi connectivity index (χ1) is 29.4. The Balaban J connectivity index is 1.03. The van der Waals surface area contributed by atoms with Crippen LogP contribution in [-0.4, -0.2) is 70.1 Å². The van der Waals surface area contributed by atoms with Crippen molar-refractivity contribution in [1.82, 2.24) is 0 Å². The maximum Gasteiger partial charge on any atom is 0.334 e. The minimum Gasteiger partial charge on any atom is -0.455 e. The van der Waals surface area contributed by atoms with Crippen LogP contribution in [0.2, 0.25) is 0 Å². The zero-order valence-electron chi connectivity index (χ0n) is 39.5. The molecule has 7 nitrogen and oxygen atoms in total. The molecule has 0 saturated carbocycles. The van der Waals surface area contributed by atoms with Crippen LogP contribution < -0.4 is 0 Å². The van der Waals surface area contributed by atoms with Crippen LogP contribution in [-0.2, 0) is 19.0 Å². The number of cyclic esters (lactones) is 1. The monoisotopic (exact) mass is 847 g/mol. The first kappa shape index (κ1) is 53.3. The number of esters is 1. The van der Waals surface area contributed by atoms with Gasteiger partial charge in [0.1, 0.15) is 6.10 Å². The minimum atomic E-state index is -0.444. The quantitative estimate of drug-likeness (QED) is 0.0416. The lowest BCUT2D eigenvalue weighted by Gasteiger charge is -2.24. The highest BCUT2D eigenvalue weighted by Crippen LogP contribution is 2.35. The molecule has 0 radical (unpaired) electrons. The van der Waals surface area contributed by atoms with Crippen molar-refractivity contribution in [3.63, 3.8) is 0 Å². The molecule has 3 N–H and O–H groups in total. The molecule has 7 heteroatoms. The summed E-state index contributed by atoms with van der Waals surface area (Å²) < 4.78 is 17.8. The highest BCUT2D eigenvalue weighted by Gasteiger charge is 2.40. The smallest absolute Gasteiger partial charge is 0.334 e. The van der Waals surface area contributed by atoms with Gasteiger partial charge < -0.3 is 29.5 Å². The van der Waals surface area contributed by atoms with Crippen molar-refractivity contribution >= 4 is 5.97 Å². The highest BCUT2D eigenvalue weighted by atomic mass is 16.6. The Morgan fingerprint density at radius 3 is 1.12 bits per heavy atom. The van der Waals surface area contributed by atoms with Gasteiger partial charge in [-0.1, -0.05) is 212 Å². The molecule has 3 aliphatic heterocycles. The largest absolute Gasteiger partial charge is 0.455 e. The summed E-state index contributed by atoms with van der Waals surface area (Å²) in [6, 6.07) is 0. The molecule has 0 aromatic heterocycles. The van der Waals surface area contributed by atoms with E-state index < -0.39 is 6.10 Å². The molecule has 2 fully saturated rings. The Kier molecular flexibility index (Phi) is 31.4. The van der Waals surface area contributed by atoms with Crippen LogP contribution in [0.5, 0.6) is 0 Å². The van der Waals surface area contributed by atoms with Gasteiger partial charge in [-0.2, -0.15) is 0 Å².